The van der Waals surface area contributed by atoms with Gasteiger partial charge in [-0.1, -0.05) is 49.2 Å². The van der Waals surface area contributed by atoms with Gasteiger partial charge < -0.3 is 20.3 Å². The molecule has 0 saturated carbocycles. The van der Waals surface area contributed by atoms with E-state index in [1.165, 1.54) is 4.90 Å². The van der Waals surface area contributed by atoms with Crippen molar-refractivity contribution in [2.75, 3.05) is 23.9 Å². The van der Waals surface area contributed by atoms with Gasteiger partial charge in [0, 0.05) is 17.8 Å². The molecule has 2 unspecified atom stereocenters. The molecule has 0 heterocycles. The van der Waals surface area contributed by atoms with Gasteiger partial charge in [-0.3, -0.25) is 9.59 Å². The fraction of sp³-hybridized carbons (Fsp3) is 0.433. The molecular formula is C30H39N3O4S. The Morgan fingerprint density at radius 3 is 2.37 bits per heavy atom. The summed E-state index contributed by atoms with van der Waals surface area (Å²) in [4.78, 5) is 42.2. The molecule has 2 atom stereocenters. The van der Waals surface area contributed by atoms with E-state index in [4.69, 9.17) is 11.2 Å². The number of ether oxygens (including phenoxy) is 1. The van der Waals surface area contributed by atoms with Crippen molar-refractivity contribution < 1.29 is 19.1 Å². The summed E-state index contributed by atoms with van der Waals surface area (Å²) in [6, 6.07) is 12.7. The quantitative estimate of drug-likeness (QED) is 0.368. The topological polar surface area (TPSA) is 87.7 Å². The fourth-order valence-electron chi connectivity index (χ4n) is 3.98. The molecule has 0 spiro atoms. The third kappa shape index (κ3) is 8.84. The van der Waals surface area contributed by atoms with Crippen molar-refractivity contribution in [3.8, 4) is 12.3 Å². The molecule has 3 amide bonds. The van der Waals surface area contributed by atoms with Gasteiger partial charge in [0.15, 0.2) is 0 Å². The van der Waals surface area contributed by atoms with E-state index in [-0.39, 0.29) is 18.4 Å². The Kier molecular flexibility index (Phi) is 11.7. The van der Waals surface area contributed by atoms with Crippen LogP contribution in [0.1, 0.15) is 63.3 Å². The third-order valence-corrected chi connectivity index (χ3v) is 6.37. The summed E-state index contributed by atoms with van der Waals surface area (Å²) in [6.45, 7) is 9.40. The Labute approximate surface area is 231 Å². The maximum absolute atomic E-state index is 14.1. The van der Waals surface area contributed by atoms with E-state index in [9.17, 15) is 14.4 Å². The van der Waals surface area contributed by atoms with Gasteiger partial charge in [0.2, 0.25) is 5.91 Å². The molecule has 2 aromatic carbocycles. The SMILES string of the molecule is C#Cc1ccccc1C(C(=O)Nc1ccccc1C)N(CCC)C(=O)C(CCSC)NC(=O)OC(C)(C)C. The highest BCUT2D eigenvalue weighted by Crippen LogP contribution is 2.28. The van der Waals surface area contributed by atoms with Crippen LogP contribution in [0.2, 0.25) is 0 Å². The van der Waals surface area contributed by atoms with E-state index in [2.05, 4.69) is 16.6 Å². The van der Waals surface area contributed by atoms with Crippen LogP contribution in [0.3, 0.4) is 0 Å². The molecule has 204 valence electrons. The maximum atomic E-state index is 14.1. The first-order chi connectivity index (χ1) is 18.0. The van der Waals surface area contributed by atoms with Gasteiger partial charge in [0.25, 0.3) is 5.91 Å². The van der Waals surface area contributed by atoms with Gasteiger partial charge in [-0.05, 0) is 75.8 Å². The number of terminal acetylenes is 1. The minimum Gasteiger partial charge on any atom is -0.444 e. The molecule has 38 heavy (non-hydrogen) atoms. The summed E-state index contributed by atoms with van der Waals surface area (Å²) >= 11 is 1.56. The van der Waals surface area contributed by atoms with Crippen molar-refractivity contribution >= 4 is 35.4 Å². The molecule has 7 nitrogen and oxygen atoms in total. The smallest absolute Gasteiger partial charge is 0.408 e. The fourth-order valence-corrected chi connectivity index (χ4v) is 4.45. The lowest BCUT2D eigenvalue weighted by molar-refractivity contribution is -0.140. The summed E-state index contributed by atoms with van der Waals surface area (Å²) in [5, 5.41) is 5.73. The lowest BCUT2D eigenvalue weighted by Gasteiger charge is -2.35. The van der Waals surface area contributed by atoms with Gasteiger partial charge in [0.1, 0.15) is 17.7 Å². The number of amides is 3. The number of nitrogens with one attached hydrogen (secondary N) is 2. The van der Waals surface area contributed by atoms with E-state index >= 15 is 0 Å². The Balaban J connectivity index is 2.55. The number of nitrogens with zero attached hydrogens (tertiary/aromatic N) is 1. The van der Waals surface area contributed by atoms with Crippen molar-refractivity contribution in [3.63, 3.8) is 0 Å². The number of rotatable bonds is 11. The molecule has 2 rings (SSSR count). The van der Waals surface area contributed by atoms with Gasteiger partial charge >= 0.3 is 6.09 Å². The maximum Gasteiger partial charge on any atom is 0.408 e. The molecule has 0 aromatic heterocycles. The normalized spacial score (nSPS) is 12.6. The number of thioether (sulfide) groups is 1. The molecule has 8 heteroatoms. The van der Waals surface area contributed by atoms with Crippen molar-refractivity contribution in [3.05, 3.63) is 65.2 Å². The number of benzene rings is 2. The van der Waals surface area contributed by atoms with Crippen LogP contribution >= 0.6 is 11.8 Å². The summed E-state index contributed by atoms with van der Waals surface area (Å²) in [6.07, 6.45) is 8.03. The number of para-hydroxylation sites is 1. The van der Waals surface area contributed by atoms with Crippen LogP contribution in [0.4, 0.5) is 10.5 Å². The van der Waals surface area contributed by atoms with Crippen molar-refractivity contribution in [1.29, 1.82) is 0 Å². The number of hydrogen-bond donors (Lipinski definition) is 2. The Morgan fingerprint density at radius 1 is 1.11 bits per heavy atom. The number of aryl methyl sites for hydroxylation is 1. The monoisotopic (exact) mass is 537 g/mol. The average Bonchev–Trinajstić information content (AvgIpc) is 2.86. The summed E-state index contributed by atoms with van der Waals surface area (Å²) in [5.74, 6) is 2.53. The lowest BCUT2D eigenvalue weighted by Crippen LogP contribution is -2.53. The second-order valence-electron chi connectivity index (χ2n) is 9.95. The highest BCUT2D eigenvalue weighted by atomic mass is 32.2. The standard InChI is InChI=1S/C30H39N3O4S/c1-8-19-33(28(35)25(18-20-38-7)32-29(36)37-30(4,5)6)26(23-16-12-11-15-22(23)9-2)27(34)31-24-17-13-10-14-21(24)3/h2,10-17,25-26H,8,18-20H2,1,3-7H3,(H,31,34)(H,32,36). The molecule has 0 fully saturated rings. The van der Waals surface area contributed by atoms with E-state index in [0.29, 0.717) is 35.4 Å². The van der Waals surface area contributed by atoms with Gasteiger partial charge in [-0.15, -0.1) is 6.42 Å². The minimum absolute atomic E-state index is 0.287. The van der Waals surface area contributed by atoms with Crippen molar-refractivity contribution in [1.82, 2.24) is 10.2 Å². The predicted molar refractivity (Wildman–Crippen MR) is 155 cm³/mol. The van der Waals surface area contributed by atoms with E-state index in [1.54, 1.807) is 56.8 Å². The lowest BCUT2D eigenvalue weighted by atomic mass is 9.97. The highest BCUT2D eigenvalue weighted by Gasteiger charge is 2.36. The molecule has 0 aliphatic heterocycles. The number of carbonyl (C=O) groups is 3. The number of carbonyl (C=O) groups excluding carboxylic acids is 3. The second-order valence-corrected chi connectivity index (χ2v) is 10.9. The Bertz CT molecular complexity index is 1150. The highest BCUT2D eigenvalue weighted by molar-refractivity contribution is 7.98. The Hall–Kier alpha value is -3.44. The van der Waals surface area contributed by atoms with Crippen LogP contribution < -0.4 is 10.6 Å². The van der Waals surface area contributed by atoms with Crippen LogP contribution in [0.25, 0.3) is 0 Å². The number of alkyl carbamates (subject to hydrolysis) is 1. The van der Waals surface area contributed by atoms with Crippen LogP contribution in [0, 0.1) is 19.3 Å². The average molecular weight is 538 g/mol. The molecule has 0 saturated heterocycles. The molecule has 0 aliphatic rings. The van der Waals surface area contributed by atoms with Crippen molar-refractivity contribution in [2.24, 2.45) is 0 Å². The van der Waals surface area contributed by atoms with E-state index in [0.717, 1.165) is 5.56 Å². The van der Waals surface area contributed by atoms with Crippen LogP contribution in [-0.4, -0.2) is 53.0 Å². The van der Waals surface area contributed by atoms with Crippen molar-refractivity contribution in [2.45, 2.75) is 65.1 Å². The zero-order valence-electron chi connectivity index (χ0n) is 23.2. The first kappa shape index (κ1) is 30.8. The van der Waals surface area contributed by atoms with E-state index in [1.807, 2.05) is 44.4 Å². The Morgan fingerprint density at radius 2 is 1.76 bits per heavy atom. The van der Waals surface area contributed by atoms with Gasteiger partial charge in [-0.25, -0.2) is 4.79 Å². The first-order valence-corrected chi connectivity index (χ1v) is 14.1. The summed E-state index contributed by atoms with van der Waals surface area (Å²) < 4.78 is 5.43. The zero-order valence-corrected chi connectivity index (χ0v) is 24.0. The molecular weight excluding hydrogens is 498 g/mol. The number of anilines is 1. The van der Waals surface area contributed by atoms with Gasteiger partial charge in [-0.2, -0.15) is 11.8 Å². The molecule has 2 aromatic rings. The minimum atomic E-state index is -1.01. The van der Waals surface area contributed by atoms with Crippen LogP contribution in [-0.2, 0) is 14.3 Å². The zero-order chi connectivity index (χ0) is 28.3. The largest absolute Gasteiger partial charge is 0.444 e. The first-order valence-electron chi connectivity index (χ1n) is 12.7. The van der Waals surface area contributed by atoms with Crippen LogP contribution in [0.5, 0.6) is 0 Å². The summed E-state index contributed by atoms with van der Waals surface area (Å²) in [7, 11) is 0. The molecule has 2 N–H and O–H groups in total. The second kappa shape index (κ2) is 14.5. The number of hydrogen-bond acceptors (Lipinski definition) is 5. The molecule has 0 bridgehead atoms. The predicted octanol–water partition coefficient (Wildman–Crippen LogP) is 5.54. The van der Waals surface area contributed by atoms with Gasteiger partial charge in [0.05, 0.1) is 0 Å². The molecule has 0 aliphatic carbocycles. The summed E-state index contributed by atoms with van der Waals surface area (Å²) in [5.41, 5.74) is 1.89. The molecule has 0 radical (unpaired) electrons. The van der Waals surface area contributed by atoms with Crippen LogP contribution in [0.15, 0.2) is 48.5 Å². The van der Waals surface area contributed by atoms with E-state index < -0.39 is 23.8 Å². The third-order valence-electron chi connectivity index (χ3n) is 5.72.